The molecule has 5 nitrogen and oxygen atoms in total. The SMILES string of the molecule is CCC(C)C(=O)[C@H](Cc1cccnc1)NC(=O)OC. The number of ether oxygens (including phenoxy) is 1. The summed E-state index contributed by atoms with van der Waals surface area (Å²) in [5.41, 5.74) is 0.903. The van der Waals surface area contributed by atoms with Crippen LogP contribution in [0.15, 0.2) is 24.5 Å². The Morgan fingerprint density at radius 3 is 2.74 bits per heavy atom. The lowest BCUT2D eigenvalue weighted by atomic mass is 9.93. The van der Waals surface area contributed by atoms with Crippen LogP contribution in [0.4, 0.5) is 4.79 Å². The Morgan fingerprint density at radius 1 is 1.47 bits per heavy atom. The molecule has 0 aliphatic carbocycles. The molecule has 0 bridgehead atoms. The van der Waals surface area contributed by atoms with E-state index >= 15 is 0 Å². The number of nitrogens with one attached hydrogen (secondary N) is 1. The van der Waals surface area contributed by atoms with Gasteiger partial charge in [0.2, 0.25) is 0 Å². The number of alkyl carbamates (subject to hydrolysis) is 1. The summed E-state index contributed by atoms with van der Waals surface area (Å²) in [7, 11) is 1.28. The van der Waals surface area contributed by atoms with Gasteiger partial charge in [-0.2, -0.15) is 0 Å². The van der Waals surface area contributed by atoms with E-state index in [-0.39, 0.29) is 11.7 Å². The van der Waals surface area contributed by atoms with Gasteiger partial charge in [0.15, 0.2) is 5.78 Å². The van der Waals surface area contributed by atoms with Crippen LogP contribution in [0.25, 0.3) is 0 Å². The fourth-order valence-electron chi connectivity index (χ4n) is 1.72. The molecule has 1 N–H and O–H groups in total. The van der Waals surface area contributed by atoms with Gasteiger partial charge in [-0.05, 0) is 18.1 Å². The van der Waals surface area contributed by atoms with E-state index in [1.165, 1.54) is 7.11 Å². The summed E-state index contributed by atoms with van der Waals surface area (Å²) < 4.78 is 4.56. The maximum atomic E-state index is 12.2. The first kappa shape index (κ1) is 15.1. The first-order chi connectivity index (χ1) is 9.08. The minimum absolute atomic E-state index is 0.0109. The van der Waals surface area contributed by atoms with Crippen LogP contribution in [0.1, 0.15) is 25.8 Å². The molecule has 0 aliphatic rings. The third kappa shape index (κ3) is 4.69. The lowest BCUT2D eigenvalue weighted by Gasteiger charge is -2.20. The Labute approximate surface area is 113 Å². The Kier molecular flexibility index (Phi) is 5.99. The molecule has 19 heavy (non-hydrogen) atoms. The molecule has 0 saturated heterocycles. The summed E-state index contributed by atoms with van der Waals surface area (Å²) >= 11 is 0. The van der Waals surface area contributed by atoms with E-state index in [9.17, 15) is 9.59 Å². The van der Waals surface area contributed by atoms with Gasteiger partial charge in [0.05, 0.1) is 13.2 Å². The van der Waals surface area contributed by atoms with E-state index in [1.54, 1.807) is 18.5 Å². The zero-order valence-corrected chi connectivity index (χ0v) is 11.6. The molecule has 0 radical (unpaired) electrons. The van der Waals surface area contributed by atoms with E-state index < -0.39 is 12.1 Å². The molecular weight excluding hydrogens is 244 g/mol. The molecule has 1 rings (SSSR count). The molecule has 104 valence electrons. The number of pyridine rings is 1. The van der Waals surface area contributed by atoms with Crippen LogP contribution in [0, 0.1) is 5.92 Å². The van der Waals surface area contributed by atoms with Crippen LogP contribution >= 0.6 is 0 Å². The summed E-state index contributed by atoms with van der Waals surface area (Å²) in [6.45, 7) is 3.80. The number of methoxy groups -OCH3 is 1. The zero-order valence-electron chi connectivity index (χ0n) is 11.6. The third-order valence-corrected chi connectivity index (χ3v) is 3.08. The Balaban J connectivity index is 2.80. The number of Topliss-reactive ketones (excluding diaryl/α,β-unsaturated/α-hetero) is 1. The highest BCUT2D eigenvalue weighted by Crippen LogP contribution is 2.10. The van der Waals surface area contributed by atoms with Crippen molar-refractivity contribution in [3.63, 3.8) is 0 Å². The summed E-state index contributed by atoms with van der Waals surface area (Å²) in [5, 5.41) is 2.59. The van der Waals surface area contributed by atoms with Gasteiger partial charge >= 0.3 is 6.09 Å². The first-order valence-electron chi connectivity index (χ1n) is 6.35. The molecule has 2 atom stereocenters. The van der Waals surface area contributed by atoms with Crippen LogP contribution in [-0.4, -0.2) is 30.0 Å². The second kappa shape index (κ2) is 7.51. The van der Waals surface area contributed by atoms with Crippen LogP contribution in [-0.2, 0) is 16.0 Å². The number of rotatable bonds is 6. The normalized spacial score (nSPS) is 13.4. The third-order valence-electron chi connectivity index (χ3n) is 3.08. The molecule has 1 unspecified atom stereocenters. The maximum Gasteiger partial charge on any atom is 0.407 e. The highest BCUT2D eigenvalue weighted by molar-refractivity contribution is 5.89. The predicted molar refractivity (Wildman–Crippen MR) is 71.7 cm³/mol. The van der Waals surface area contributed by atoms with Gasteiger partial charge in [-0.25, -0.2) is 4.79 Å². The average molecular weight is 264 g/mol. The Morgan fingerprint density at radius 2 is 2.21 bits per heavy atom. The summed E-state index contributed by atoms with van der Waals surface area (Å²) in [6, 6.07) is 3.10. The molecule has 5 heteroatoms. The molecule has 1 aromatic rings. The van der Waals surface area contributed by atoms with Crippen molar-refractivity contribution in [3.8, 4) is 0 Å². The van der Waals surface area contributed by atoms with Crippen molar-refractivity contribution in [3.05, 3.63) is 30.1 Å². The average Bonchev–Trinajstić information content (AvgIpc) is 2.45. The minimum Gasteiger partial charge on any atom is -0.453 e. The van der Waals surface area contributed by atoms with E-state index in [2.05, 4.69) is 15.0 Å². The molecule has 0 spiro atoms. The van der Waals surface area contributed by atoms with Gasteiger partial charge in [-0.3, -0.25) is 9.78 Å². The van der Waals surface area contributed by atoms with Gasteiger partial charge in [0.25, 0.3) is 0 Å². The van der Waals surface area contributed by atoms with Crippen LogP contribution in [0.5, 0.6) is 0 Å². The van der Waals surface area contributed by atoms with E-state index in [0.29, 0.717) is 6.42 Å². The number of hydrogen-bond donors (Lipinski definition) is 1. The van der Waals surface area contributed by atoms with E-state index in [4.69, 9.17) is 0 Å². The quantitative estimate of drug-likeness (QED) is 0.852. The molecule has 1 amide bonds. The van der Waals surface area contributed by atoms with Gasteiger partial charge in [0, 0.05) is 24.7 Å². The predicted octanol–water partition coefficient (Wildman–Crippen LogP) is 1.96. The smallest absolute Gasteiger partial charge is 0.407 e. The van der Waals surface area contributed by atoms with Crippen molar-refractivity contribution in [2.24, 2.45) is 5.92 Å². The van der Waals surface area contributed by atoms with E-state index in [1.807, 2.05) is 19.9 Å². The standard InChI is InChI=1S/C14H20N2O3/c1-4-10(2)13(17)12(16-14(18)19-3)8-11-6-5-7-15-9-11/h5-7,9-10,12H,4,8H2,1-3H3,(H,16,18)/t10?,12-/m0/s1. The van der Waals surface area contributed by atoms with Gasteiger partial charge in [0.1, 0.15) is 0 Å². The van der Waals surface area contributed by atoms with Crippen LogP contribution < -0.4 is 5.32 Å². The number of amides is 1. The fourth-order valence-corrected chi connectivity index (χ4v) is 1.72. The Bertz CT molecular complexity index is 420. The number of carbonyl (C=O) groups is 2. The lowest BCUT2D eigenvalue weighted by molar-refractivity contribution is -0.124. The van der Waals surface area contributed by atoms with Crippen LogP contribution in [0.2, 0.25) is 0 Å². The highest BCUT2D eigenvalue weighted by atomic mass is 16.5. The van der Waals surface area contributed by atoms with Crippen molar-refractivity contribution in [2.45, 2.75) is 32.7 Å². The number of ketones is 1. The van der Waals surface area contributed by atoms with Crippen molar-refractivity contribution in [2.75, 3.05) is 7.11 Å². The second-order valence-electron chi connectivity index (χ2n) is 4.47. The lowest BCUT2D eigenvalue weighted by Crippen LogP contribution is -2.44. The largest absolute Gasteiger partial charge is 0.453 e. The summed E-state index contributed by atoms with van der Waals surface area (Å²) in [6.07, 6.45) is 3.93. The van der Waals surface area contributed by atoms with E-state index in [0.717, 1.165) is 12.0 Å². The summed E-state index contributed by atoms with van der Waals surface area (Å²) in [4.78, 5) is 27.6. The van der Waals surface area contributed by atoms with Crippen molar-refractivity contribution >= 4 is 11.9 Å². The van der Waals surface area contributed by atoms with Crippen LogP contribution in [0.3, 0.4) is 0 Å². The van der Waals surface area contributed by atoms with Crippen molar-refractivity contribution in [1.29, 1.82) is 0 Å². The molecule has 1 aromatic heterocycles. The monoisotopic (exact) mass is 264 g/mol. The molecule has 0 saturated carbocycles. The first-order valence-corrected chi connectivity index (χ1v) is 6.35. The van der Waals surface area contributed by atoms with Gasteiger partial charge in [-0.1, -0.05) is 19.9 Å². The van der Waals surface area contributed by atoms with Gasteiger partial charge < -0.3 is 10.1 Å². The zero-order chi connectivity index (χ0) is 14.3. The van der Waals surface area contributed by atoms with Crippen molar-refractivity contribution in [1.82, 2.24) is 10.3 Å². The number of carbonyl (C=O) groups excluding carboxylic acids is 2. The molecule has 0 fully saturated rings. The minimum atomic E-state index is -0.592. The molecule has 0 aromatic carbocycles. The van der Waals surface area contributed by atoms with Crippen molar-refractivity contribution < 1.29 is 14.3 Å². The second-order valence-corrected chi connectivity index (χ2v) is 4.47. The molecular formula is C14H20N2O3. The number of aromatic nitrogens is 1. The summed E-state index contributed by atoms with van der Waals surface area (Å²) in [5.74, 6) is -0.0874. The topological polar surface area (TPSA) is 68.3 Å². The number of hydrogen-bond acceptors (Lipinski definition) is 4. The highest BCUT2D eigenvalue weighted by Gasteiger charge is 2.25. The fraction of sp³-hybridized carbons (Fsp3) is 0.500. The Hall–Kier alpha value is -1.91. The van der Waals surface area contributed by atoms with Gasteiger partial charge in [-0.15, -0.1) is 0 Å². The molecule has 0 aliphatic heterocycles. The maximum absolute atomic E-state index is 12.2. The number of nitrogens with zero attached hydrogens (tertiary/aromatic N) is 1. The molecule has 1 heterocycles.